The van der Waals surface area contributed by atoms with Gasteiger partial charge in [-0.2, -0.15) is 0 Å². The molecule has 2 aromatic carbocycles. The van der Waals surface area contributed by atoms with Crippen LogP contribution >= 0.6 is 0 Å². The van der Waals surface area contributed by atoms with Gasteiger partial charge in [0.15, 0.2) is 0 Å². The molecule has 1 atom stereocenters. The van der Waals surface area contributed by atoms with Crippen LogP contribution in [0.1, 0.15) is 43.7 Å². The molecule has 0 radical (unpaired) electrons. The summed E-state index contributed by atoms with van der Waals surface area (Å²) in [4.78, 5) is 5.02. The number of rotatable bonds is 9. The lowest BCUT2D eigenvalue weighted by atomic mass is 10.1. The minimum Gasteiger partial charge on any atom is -0.356 e. The highest BCUT2D eigenvalue weighted by molar-refractivity contribution is 5.19. The van der Waals surface area contributed by atoms with E-state index in [1.807, 2.05) is 0 Å². The summed E-state index contributed by atoms with van der Waals surface area (Å²) in [6, 6.07) is 21.7. The second kappa shape index (κ2) is 9.31. The van der Waals surface area contributed by atoms with Gasteiger partial charge >= 0.3 is 0 Å². The molecule has 2 nitrogen and oxygen atoms in total. The van der Waals surface area contributed by atoms with Gasteiger partial charge in [0.2, 0.25) is 0 Å². The molecule has 132 valence electrons. The first-order valence-corrected chi connectivity index (χ1v) is 9.64. The molecule has 0 aromatic heterocycles. The van der Waals surface area contributed by atoms with E-state index in [1.54, 1.807) is 0 Å². The molecular weight excluding hydrogens is 304 g/mol. The topological polar surface area (TPSA) is 6.48 Å². The zero-order chi connectivity index (χ0) is 17.3. The molecule has 0 fully saturated rings. The van der Waals surface area contributed by atoms with E-state index >= 15 is 0 Å². The van der Waals surface area contributed by atoms with Crippen molar-refractivity contribution in [2.45, 2.75) is 51.7 Å². The molecule has 1 unspecified atom stereocenters. The monoisotopic (exact) mass is 334 g/mol. The van der Waals surface area contributed by atoms with Crippen molar-refractivity contribution in [2.75, 3.05) is 6.54 Å². The van der Waals surface area contributed by atoms with Gasteiger partial charge in [0.25, 0.3) is 0 Å². The summed E-state index contributed by atoms with van der Waals surface area (Å²) in [6.45, 7) is 4.40. The van der Waals surface area contributed by atoms with Crippen molar-refractivity contribution in [1.82, 2.24) is 9.80 Å². The number of hydrogen-bond donors (Lipinski definition) is 0. The Bertz CT molecular complexity index is 636. The van der Waals surface area contributed by atoms with Gasteiger partial charge in [-0.15, -0.1) is 0 Å². The number of benzene rings is 2. The fourth-order valence-electron chi connectivity index (χ4n) is 3.52. The summed E-state index contributed by atoms with van der Waals surface area (Å²) in [5.74, 6) is 0. The fourth-order valence-corrected chi connectivity index (χ4v) is 3.52. The maximum Gasteiger partial charge on any atom is 0.105 e. The molecule has 0 saturated carbocycles. The molecule has 1 aliphatic heterocycles. The maximum atomic E-state index is 2.53. The first-order chi connectivity index (χ1) is 12.4. The molecule has 2 aromatic rings. The molecule has 0 bridgehead atoms. The van der Waals surface area contributed by atoms with Crippen LogP contribution in [-0.2, 0) is 13.0 Å². The van der Waals surface area contributed by atoms with Crippen LogP contribution in [0.25, 0.3) is 0 Å². The van der Waals surface area contributed by atoms with E-state index in [0.717, 1.165) is 19.5 Å². The van der Waals surface area contributed by atoms with Crippen LogP contribution in [0.3, 0.4) is 0 Å². The molecule has 0 amide bonds. The van der Waals surface area contributed by atoms with Crippen molar-refractivity contribution in [3.8, 4) is 0 Å². The quantitative estimate of drug-likeness (QED) is 0.565. The highest BCUT2D eigenvalue weighted by atomic mass is 15.4. The van der Waals surface area contributed by atoms with Gasteiger partial charge in [-0.05, 0) is 17.5 Å². The fraction of sp³-hybridized carbons (Fsp3) is 0.391. The largest absolute Gasteiger partial charge is 0.356 e. The van der Waals surface area contributed by atoms with E-state index in [2.05, 4.69) is 89.8 Å². The summed E-state index contributed by atoms with van der Waals surface area (Å²) >= 11 is 0. The minimum absolute atomic E-state index is 0.421. The summed E-state index contributed by atoms with van der Waals surface area (Å²) in [7, 11) is 0. The lowest BCUT2D eigenvalue weighted by Crippen LogP contribution is -2.40. The minimum atomic E-state index is 0.421. The van der Waals surface area contributed by atoms with Gasteiger partial charge in [0.05, 0.1) is 0 Å². The lowest BCUT2D eigenvalue weighted by Gasteiger charge is -2.33. The first-order valence-electron chi connectivity index (χ1n) is 9.64. The lowest BCUT2D eigenvalue weighted by molar-refractivity contribution is 0.144. The normalized spacial score (nSPS) is 16.6. The van der Waals surface area contributed by atoms with E-state index in [4.69, 9.17) is 0 Å². The molecule has 3 rings (SSSR count). The van der Waals surface area contributed by atoms with Crippen molar-refractivity contribution < 1.29 is 0 Å². The van der Waals surface area contributed by atoms with Gasteiger partial charge in [-0.3, -0.25) is 0 Å². The molecule has 2 heteroatoms. The Morgan fingerprint density at radius 2 is 1.36 bits per heavy atom. The molecule has 0 aliphatic carbocycles. The second-order valence-corrected chi connectivity index (χ2v) is 6.92. The van der Waals surface area contributed by atoms with Crippen LogP contribution < -0.4 is 0 Å². The Balaban J connectivity index is 1.67. The third kappa shape index (κ3) is 5.12. The van der Waals surface area contributed by atoms with Crippen molar-refractivity contribution in [3.63, 3.8) is 0 Å². The predicted molar refractivity (Wildman–Crippen MR) is 106 cm³/mol. The summed E-state index contributed by atoms with van der Waals surface area (Å²) in [5.41, 5.74) is 2.78. The number of unbranched alkanes of at least 4 members (excludes halogenated alkanes) is 3. The Hall–Kier alpha value is -2.22. The average molecular weight is 335 g/mol. The molecule has 1 heterocycles. The van der Waals surface area contributed by atoms with E-state index in [-0.39, 0.29) is 0 Å². The van der Waals surface area contributed by atoms with Gasteiger partial charge in [-0.25, -0.2) is 0 Å². The highest BCUT2D eigenvalue weighted by Crippen LogP contribution is 2.23. The van der Waals surface area contributed by atoms with Gasteiger partial charge in [0.1, 0.15) is 6.17 Å². The number of hydrogen-bond acceptors (Lipinski definition) is 2. The maximum absolute atomic E-state index is 2.53. The zero-order valence-corrected chi connectivity index (χ0v) is 15.3. The van der Waals surface area contributed by atoms with Crippen LogP contribution in [-0.4, -0.2) is 22.5 Å². The zero-order valence-electron chi connectivity index (χ0n) is 15.3. The Morgan fingerprint density at radius 1 is 0.720 bits per heavy atom. The summed E-state index contributed by atoms with van der Waals surface area (Å²) in [6.07, 6.45) is 11.3. The Kier molecular flexibility index (Phi) is 6.55. The molecule has 0 spiro atoms. The van der Waals surface area contributed by atoms with Gasteiger partial charge in [0, 0.05) is 31.9 Å². The smallest absolute Gasteiger partial charge is 0.105 e. The Labute approximate surface area is 152 Å². The second-order valence-electron chi connectivity index (χ2n) is 6.92. The molecule has 0 N–H and O–H groups in total. The summed E-state index contributed by atoms with van der Waals surface area (Å²) in [5, 5.41) is 0. The van der Waals surface area contributed by atoms with Gasteiger partial charge < -0.3 is 9.80 Å². The van der Waals surface area contributed by atoms with E-state index in [0.29, 0.717) is 6.17 Å². The van der Waals surface area contributed by atoms with Crippen molar-refractivity contribution in [1.29, 1.82) is 0 Å². The number of nitrogens with zero attached hydrogens (tertiary/aromatic N) is 2. The molecule has 1 aliphatic rings. The van der Waals surface area contributed by atoms with Crippen LogP contribution in [0, 0.1) is 0 Å². The molecular formula is C23H30N2. The van der Waals surface area contributed by atoms with E-state index in [1.165, 1.54) is 36.8 Å². The van der Waals surface area contributed by atoms with Crippen LogP contribution in [0.2, 0.25) is 0 Å². The highest BCUT2D eigenvalue weighted by Gasteiger charge is 2.26. The van der Waals surface area contributed by atoms with E-state index in [9.17, 15) is 0 Å². The molecule has 25 heavy (non-hydrogen) atoms. The standard InChI is InChI=1S/C23H30N2/c1-2-3-4-11-16-24-17-18-25(20-22-14-9-6-10-15-22)23(24)19-21-12-7-5-8-13-21/h5-10,12-15,17-18,23H,2-4,11,16,19-20H2,1H3. The van der Waals surface area contributed by atoms with Crippen LogP contribution in [0.15, 0.2) is 73.1 Å². The summed E-state index contributed by atoms with van der Waals surface area (Å²) < 4.78 is 0. The van der Waals surface area contributed by atoms with Gasteiger partial charge in [-0.1, -0.05) is 86.8 Å². The SMILES string of the molecule is CCCCCCN1C=CN(Cc2ccccc2)C1Cc1ccccc1. The first kappa shape index (κ1) is 17.6. The molecule has 0 saturated heterocycles. The van der Waals surface area contributed by atoms with Crippen LogP contribution in [0.5, 0.6) is 0 Å². The van der Waals surface area contributed by atoms with E-state index < -0.39 is 0 Å². The van der Waals surface area contributed by atoms with Crippen molar-refractivity contribution in [2.24, 2.45) is 0 Å². The predicted octanol–water partition coefficient (Wildman–Crippen LogP) is 5.42. The van der Waals surface area contributed by atoms with Crippen molar-refractivity contribution in [3.05, 3.63) is 84.2 Å². The van der Waals surface area contributed by atoms with Crippen LogP contribution in [0.4, 0.5) is 0 Å². The average Bonchev–Trinajstić information content (AvgIpc) is 3.02. The Morgan fingerprint density at radius 3 is 2.04 bits per heavy atom. The third-order valence-electron chi connectivity index (χ3n) is 4.95. The van der Waals surface area contributed by atoms with Crippen molar-refractivity contribution >= 4 is 0 Å². The third-order valence-corrected chi connectivity index (χ3v) is 4.95.